The van der Waals surface area contributed by atoms with Crippen molar-refractivity contribution in [1.82, 2.24) is 10.3 Å². The Morgan fingerprint density at radius 1 is 1.12 bits per heavy atom. The molecule has 6 rings (SSSR count). The molecule has 0 radical (unpaired) electrons. The number of carbonyl (C=O) groups is 1. The van der Waals surface area contributed by atoms with E-state index < -0.39 is 24.3 Å². The Hall–Kier alpha value is -5.15. The number of aromatic hydroxyl groups is 3. The van der Waals surface area contributed by atoms with E-state index in [0.29, 0.717) is 49.4 Å². The number of phenols is 3. The van der Waals surface area contributed by atoms with E-state index in [2.05, 4.69) is 27.1 Å². The van der Waals surface area contributed by atoms with Gasteiger partial charge in [0.25, 0.3) is 0 Å². The second-order valence-electron chi connectivity index (χ2n) is 13.5. The van der Waals surface area contributed by atoms with Crippen LogP contribution in [-0.4, -0.2) is 70.2 Å². The lowest BCUT2D eigenvalue weighted by molar-refractivity contribution is -0.164. The smallest absolute Gasteiger partial charge is 0.302 e. The van der Waals surface area contributed by atoms with Gasteiger partial charge in [0.05, 0.1) is 24.7 Å². The van der Waals surface area contributed by atoms with Gasteiger partial charge in [0, 0.05) is 64.0 Å². The van der Waals surface area contributed by atoms with Crippen LogP contribution in [0.5, 0.6) is 28.7 Å². The quantitative estimate of drug-likeness (QED) is 0.0725. The first kappa shape index (κ1) is 35.7. The highest BCUT2D eigenvalue weighted by molar-refractivity contribution is 5.78. The molecule has 6 N–H and O–H groups in total. The molecule has 2 bridgehead atoms. The third kappa shape index (κ3) is 8.96. The van der Waals surface area contributed by atoms with Gasteiger partial charge in [-0.15, -0.1) is 5.92 Å². The molecule has 51 heavy (non-hydrogen) atoms. The van der Waals surface area contributed by atoms with Crippen LogP contribution in [0.1, 0.15) is 68.2 Å². The van der Waals surface area contributed by atoms with Gasteiger partial charge in [-0.25, -0.2) is 0 Å². The lowest BCUT2D eigenvalue weighted by Crippen LogP contribution is -2.50. The first-order valence-corrected chi connectivity index (χ1v) is 17.5. The Bertz CT molecular complexity index is 1770. The molecule has 7 unspecified atom stereocenters. The summed E-state index contributed by atoms with van der Waals surface area (Å²) < 4.78 is 25.0. The van der Waals surface area contributed by atoms with E-state index in [-0.39, 0.29) is 53.6 Å². The van der Waals surface area contributed by atoms with Crippen molar-refractivity contribution in [3.05, 3.63) is 71.5 Å². The Labute approximate surface area is 298 Å². The van der Waals surface area contributed by atoms with Gasteiger partial charge in [0.2, 0.25) is 5.75 Å². The molecule has 1 aliphatic carbocycles. The summed E-state index contributed by atoms with van der Waals surface area (Å²) >= 11 is 0. The number of hydrogen-bond acceptors (Lipinski definition) is 10. The molecule has 2 aromatic carbocycles. The second-order valence-corrected chi connectivity index (χ2v) is 13.5. The zero-order chi connectivity index (χ0) is 35.9. The van der Waals surface area contributed by atoms with Crippen LogP contribution in [0.4, 0.5) is 0 Å². The number of aromatic nitrogens is 1. The highest BCUT2D eigenvalue weighted by Gasteiger charge is 2.38. The number of benzene rings is 2. The Morgan fingerprint density at radius 3 is 2.76 bits per heavy atom. The normalized spacial score (nSPS) is 26.2. The van der Waals surface area contributed by atoms with Gasteiger partial charge >= 0.3 is 5.97 Å². The van der Waals surface area contributed by atoms with Crippen LogP contribution in [0, 0.1) is 23.7 Å². The van der Waals surface area contributed by atoms with Crippen molar-refractivity contribution in [2.45, 2.75) is 88.7 Å². The lowest BCUT2D eigenvalue weighted by atomic mass is 9.81. The number of esters is 1. The van der Waals surface area contributed by atoms with Crippen molar-refractivity contribution in [3.8, 4) is 40.6 Å². The summed E-state index contributed by atoms with van der Waals surface area (Å²) in [7, 11) is 1.63. The van der Waals surface area contributed by atoms with Crippen LogP contribution >= 0.6 is 0 Å². The van der Waals surface area contributed by atoms with Gasteiger partial charge in [-0.3, -0.25) is 14.8 Å². The van der Waals surface area contributed by atoms with Gasteiger partial charge < -0.3 is 45.3 Å². The largest absolute Gasteiger partial charge is 0.504 e. The van der Waals surface area contributed by atoms with Gasteiger partial charge in [0.1, 0.15) is 12.2 Å². The SMILES string of the molecule is CN=C(N)NC1CCCC2Oc3cc(ccc3O)CC(C3CC(OC(C)=O)CC(c4cc(O)c(O)c(OCCc5cccnc5)c4)O3)CC#CC12. The minimum atomic E-state index is -0.585. The molecule has 3 aromatic rings. The maximum absolute atomic E-state index is 12.2. The Balaban J connectivity index is 1.29. The lowest BCUT2D eigenvalue weighted by Gasteiger charge is -2.39. The summed E-state index contributed by atoms with van der Waals surface area (Å²) in [6.07, 6.45) is 6.65. The fraction of sp³-hybridized carbons (Fsp3) is 0.462. The minimum absolute atomic E-state index is 0.0560. The average molecular weight is 699 g/mol. The maximum atomic E-state index is 12.2. The van der Waals surface area contributed by atoms with E-state index in [1.54, 1.807) is 31.6 Å². The van der Waals surface area contributed by atoms with E-state index >= 15 is 0 Å². The first-order valence-electron chi connectivity index (χ1n) is 17.5. The Kier molecular flexibility index (Phi) is 11.4. The zero-order valence-electron chi connectivity index (χ0n) is 29.0. The number of hydrogen-bond donors (Lipinski definition) is 5. The summed E-state index contributed by atoms with van der Waals surface area (Å²) in [5, 5.41) is 35.5. The molecule has 3 aliphatic rings. The van der Waals surface area contributed by atoms with Gasteiger partial charge in [-0.2, -0.15) is 0 Å². The molecule has 1 saturated heterocycles. The Morgan fingerprint density at radius 2 is 1.98 bits per heavy atom. The van der Waals surface area contributed by atoms with E-state index in [0.717, 1.165) is 30.4 Å². The molecule has 12 heteroatoms. The monoisotopic (exact) mass is 698 g/mol. The average Bonchev–Trinajstić information content (AvgIpc) is 3.14. The first-order chi connectivity index (χ1) is 24.7. The van der Waals surface area contributed by atoms with Crippen molar-refractivity contribution < 1.29 is 39.1 Å². The van der Waals surface area contributed by atoms with Crippen molar-refractivity contribution in [1.29, 1.82) is 0 Å². The van der Waals surface area contributed by atoms with Crippen molar-refractivity contribution in [2.24, 2.45) is 22.6 Å². The summed E-state index contributed by atoms with van der Waals surface area (Å²) in [6, 6.07) is 12.2. The number of ether oxygens (including phenoxy) is 4. The number of fused-ring (bicyclic) bond motifs is 3. The number of carbonyl (C=O) groups excluding carboxylic acids is 1. The second kappa shape index (κ2) is 16.2. The van der Waals surface area contributed by atoms with Gasteiger partial charge in [0.15, 0.2) is 29.0 Å². The van der Waals surface area contributed by atoms with Crippen LogP contribution in [-0.2, 0) is 27.1 Å². The predicted octanol–water partition coefficient (Wildman–Crippen LogP) is 4.69. The molecule has 1 saturated carbocycles. The van der Waals surface area contributed by atoms with Crippen LogP contribution in [0.2, 0.25) is 0 Å². The van der Waals surface area contributed by atoms with Crippen molar-refractivity contribution >= 4 is 11.9 Å². The number of pyridine rings is 1. The highest BCUT2D eigenvalue weighted by atomic mass is 16.6. The van der Waals surface area contributed by atoms with E-state index in [4.69, 9.17) is 24.7 Å². The highest BCUT2D eigenvalue weighted by Crippen LogP contribution is 2.44. The van der Waals surface area contributed by atoms with Gasteiger partial charge in [-0.1, -0.05) is 18.1 Å². The number of guanidine groups is 1. The molecule has 3 heterocycles. The molecule has 0 amide bonds. The third-order valence-corrected chi connectivity index (χ3v) is 9.84. The fourth-order valence-electron chi connectivity index (χ4n) is 7.29. The molecular weight excluding hydrogens is 652 g/mol. The van der Waals surface area contributed by atoms with E-state index in [1.165, 1.54) is 13.0 Å². The molecule has 7 atom stereocenters. The van der Waals surface area contributed by atoms with E-state index in [1.807, 2.05) is 24.3 Å². The number of phenolic OH excluding ortho intramolecular Hbond substituents is 3. The number of aliphatic imine (C=N–C) groups is 1. The topological polar surface area (TPSA) is 178 Å². The molecule has 1 aromatic heterocycles. The predicted molar refractivity (Wildman–Crippen MR) is 190 cm³/mol. The molecule has 2 fully saturated rings. The van der Waals surface area contributed by atoms with Crippen LogP contribution in [0.15, 0.2) is 59.9 Å². The van der Waals surface area contributed by atoms with Crippen LogP contribution in [0.3, 0.4) is 0 Å². The molecular formula is C39H46N4O8. The summed E-state index contributed by atoms with van der Waals surface area (Å²) in [4.78, 5) is 20.4. The number of rotatable bonds is 8. The molecule has 12 nitrogen and oxygen atoms in total. The number of nitrogens with two attached hydrogens (primary N) is 1. The minimum Gasteiger partial charge on any atom is -0.504 e. The summed E-state index contributed by atoms with van der Waals surface area (Å²) in [5.41, 5.74) is 8.58. The maximum Gasteiger partial charge on any atom is 0.302 e. The fourth-order valence-corrected chi connectivity index (χ4v) is 7.29. The molecule has 2 aliphatic heterocycles. The zero-order valence-corrected chi connectivity index (χ0v) is 29.0. The van der Waals surface area contributed by atoms with Crippen molar-refractivity contribution in [3.63, 3.8) is 0 Å². The summed E-state index contributed by atoms with van der Waals surface area (Å²) in [6.45, 7) is 1.64. The standard InChI is InChI=1S/C39H46N4O8/c1-23(44)49-28-20-34(51-35(21-28)27-18-32(46)38(47)37(19-27)48-15-13-24-6-5-14-42-22-24)26-7-3-8-29-30(43-39(40)41-2)9-4-10-33(29)50-36-17-25(16-26)11-12-31(36)45/h5-6,11-12,14,17-19,22,26,28-30,33-35,45-47H,4,7,9-10,13,15-16,20-21H2,1-2H3,(H3,40,41,43). The molecule has 0 spiro atoms. The molecule has 270 valence electrons. The van der Waals surface area contributed by atoms with Gasteiger partial charge in [-0.05, 0) is 72.7 Å². The third-order valence-electron chi connectivity index (χ3n) is 9.84. The summed E-state index contributed by atoms with van der Waals surface area (Å²) in [5.74, 6) is 6.40. The van der Waals surface area contributed by atoms with E-state index in [9.17, 15) is 20.1 Å². The number of nitrogens with zero attached hydrogens (tertiary/aromatic N) is 2. The van der Waals surface area contributed by atoms with Crippen LogP contribution in [0.25, 0.3) is 0 Å². The van der Waals surface area contributed by atoms with Crippen LogP contribution < -0.4 is 20.5 Å². The number of nitrogens with one attached hydrogen (secondary N) is 1. The van der Waals surface area contributed by atoms with Crippen molar-refractivity contribution in [2.75, 3.05) is 13.7 Å².